The molecule has 0 saturated carbocycles. The Balaban J connectivity index is 1.66. The van der Waals surface area contributed by atoms with Gasteiger partial charge in [-0.3, -0.25) is 4.79 Å². The quantitative estimate of drug-likeness (QED) is 0.689. The minimum atomic E-state index is 0.198. The topological polar surface area (TPSA) is 35.5 Å². The third-order valence-corrected chi connectivity index (χ3v) is 2.96. The molecule has 2 aliphatic heterocycles. The van der Waals surface area contributed by atoms with Crippen molar-refractivity contribution in [1.82, 2.24) is 0 Å². The molecular weight excluding hydrogens is 180 g/mol. The van der Waals surface area contributed by atoms with Crippen LogP contribution in [0.25, 0.3) is 0 Å². The molecule has 0 amide bonds. The molecule has 0 aromatic carbocycles. The smallest absolute Gasteiger partial charge is 0.138 e. The van der Waals surface area contributed by atoms with Crippen LogP contribution >= 0.6 is 0 Å². The lowest BCUT2D eigenvalue weighted by atomic mass is 10.0. The fourth-order valence-corrected chi connectivity index (χ4v) is 2.20. The summed E-state index contributed by atoms with van der Waals surface area (Å²) in [4.78, 5) is 11.6. The van der Waals surface area contributed by atoms with Crippen LogP contribution in [0.4, 0.5) is 0 Å². The number of hydrogen-bond acceptors (Lipinski definition) is 3. The highest BCUT2D eigenvalue weighted by Gasteiger charge is 2.23. The SMILES string of the molecule is O=C(CC1CCCO1)CC1CCCO1. The number of ketones is 1. The molecule has 80 valence electrons. The van der Waals surface area contributed by atoms with Gasteiger partial charge in [0.2, 0.25) is 0 Å². The molecular formula is C11H18O3. The zero-order valence-electron chi connectivity index (χ0n) is 8.54. The molecule has 0 bridgehead atoms. The van der Waals surface area contributed by atoms with Crippen LogP contribution in [-0.2, 0) is 14.3 Å². The Bertz CT molecular complexity index is 171. The summed E-state index contributed by atoms with van der Waals surface area (Å²) in [7, 11) is 0. The Kier molecular flexibility index (Phi) is 3.54. The minimum Gasteiger partial charge on any atom is -0.378 e. The number of carbonyl (C=O) groups is 1. The summed E-state index contributed by atoms with van der Waals surface area (Å²) < 4.78 is 10.9. The van der Waals surface area contributed by atoms with Crippen molar-refractivity contribution in [2.24, 2.45) is 0 Å². The fourth-order valence-electron chi connectivity index (χ4n) is 2.20. The average molecular weight is 198 g/mol. The molecule has 2 heterocycles. The summed E-state index contributed by atoms with van der Waals surface area (Å²) >= 11 is 0. The second-order valence-electron chi connectivity index (χ2n) is 4.22. The maximum absolute atomic E-state index is 11.6. The predicted octanol–water partition coefficient (Wildman–Crippen LogP) is 1.69. The van der Waals surface area contributed by atoms with Crippen molar-refractivity contribution in [2.45, 2.75) is 50.7 Å². The van der Waals surface area contributed by atoms with Crippen LogP contribution in [0.15, 0.2) is 0 Å². The van der Waals surface area contributed by atoms with Crippen LogP contribution in [0.3, 0.4) is 0 Å². The van der Waals surface area contributed by atoms with E-state index >= 15 is 0 Å². The van der Waals surface area contributed by atoms with E-state index in [-0.39, 0.29) is 12.2 Å². The minimum absolute atomic E-state index is 0.198. The van der Waals surface area contributed by atoms with Gasteiger partial charge >= 0.3 is 0 Å². The van der Waals surface area contributed by atoms with Gasteiger partial charge in [0.1, 0.15) is 5.78 Å². The van der Waals surface area contributed by atoms with Crippen molar-refractivity contribution in [3.8, 4) is 0 Å². The maximum atomic E-state index is 11.6. The van der Waals surface area contributed by atoms with Gasteiger partial charge in [-0.1, -0.05) is 0 Å². The second kappa shape index (κ2) is 4.89. The third kappa shape index (κ3) is 2.79. The van der Waals surface area contributed by atoms with Gasteiger partial charge in [0, 0.05) is 26.1 Å². The van der Waals surface area contributed by atoms with Gasteiger partial charge in [-0.25, -0.2) is 0 Å². The Morgan fingerprint density at radius 3 is 1.86 bits per heavy atom. The van der Waals surface area contributed by atoms with E-state index in [1.165, 1.54) is 0 Å². The van der Waals surface area contributed by atoms with E-state index in [1.54, 1.807) is 0 Å². The zero-order valence-corrected chi connectivity index (χ0v) is 8.54. The molecule has 3 heteroatoms. The molecule has 2 saturated heterocycles. The van der Waals surface area contributed by atoms with Crippen molar-refractivity contribution in [3.05, 3.63) is 0 Å². The highest BCUT2D eigenvalue weighted by atomic mass is 16.5. The largest absolute Gasteiger partial charge is 0.378 e. The van der Waals surface area contributed by atoms with Crippen LogP contribution in [0, 0.1) is 0 Å². The molecule has 2 fully saturated rings. The standard InChI is InChI=1S/C11H18O3/c12-9(7-10-3-1-5-13-10)8-11-4-2-6-14-11/h10-11H,1-8H2. The summed E-state index contributed by atoms with van der Waals surface area (Å²) in [6.45, 7) is 1.66. The van der Waals surface area contributed by atoms with Crippen molar-refractivity contribution in [3.63, 3.8) is 0 Å². The van der Waals surface area contributed by atoms with Gasteiger partial charge in [-0.05, 0) is 25.7 Å². The molecule has 0 spiro atoms. The summed E-state index contributed by atoms with van der Waals surface area (Å²) in [5, 5.41) is 0. The van der Waals surface area contributed by atoms with Gasteiger partial charge in [0.05, 0.1) is 12.2 Å². The van der Waals surface area contributed by atoms with Crippen molar-refractivity contribution in [2.75, 3.05) is 13.2 Å². The van der Waals surface area contributed by atoms with E-state index in [9.17, 15) is 4.79 Å². The van der Waals surface area contributed by atoms with Crippen LogP contribution in [0.2, 0.25) is 0 Å². The number of rotatable bonds is 4. The molecule has 0 N–H and O–H groups in total. The molecule has 2 atom stereocenters. The van der Waals surface area contributed by atoms with Crippen molar-refractivity contribution < 1.29 is 14.3 Å². The highest BCUT2D eigenvalue weighted by molar-refractivity contribution is 5.79. The molecule has 0 radical (unpaired) electrons. The molecule has 2 rings (SSSR count). The second-order valence-corrected chi connectivity index (χ2v) is 4.22. The van der Waals surface area contributed by atoms with Gasteiger partial charge < -0.3 is 9.47 Å². The number of hydrogen-bond donors (Lipinski definition) is 0. The van der Waals surface area contributed by atoms with Crippen molar-refractivity contribution in [1.29, 1.82) is 0 Å². The summed E-state index contributed by atoms with van der Waals surface area (Å²) in [5.41, 5.74) is 0. The molecule has 0 aliphatic carbocycles. The molecule has 0 aromatic heterocycles. The van der Waals surface area contributed by atoms with Crippen LogP contribution in [-0.4, -0.2) is 31.2 Å². The summed E-state index contributed by atoms with van der Waals surface area (Å²) in [5.74, 6) is 0.309. The fraction of sp³-hybridized carbons (Fsp3) is 0.909. The van der Waals surface area contributed by atoms with E-state index < -0.39 is 0 Å². The lowest BCUT2D eigenvalue weighted by molar-refractivity contribution is -0.123. The van der Waals surface area contributed by atoms with Gasteiger partial charge in [0.25, 0.3) is 0 Å². The van der Waals surface area contributed by atoms with E-state index in [0.717, 1.165) is 38.9 Å². The van der Waals surface area contributed by atoms with Crippen LogP contribution in [0.5, 0.6) is 0 Å². The molecule has 0 aromatic rings. The first-order chi connectivity index (χ1) is 6.84. The number of Topliss-reactive ketones (excluding diaryl/α,β-unsaturated/α-hetero) is 1. The zero-order chi connectivity index (χ0) is 9.80. The van der Waals surface area contributed by atoms with Crippen LogP contribution in [0.1, 0.15) is 38.5 Å². The van der Waals surface area contributed by atoms with Gasteiger partial charge in [-0.2, -0.15) is 0 Å². The lowest BCUT2D eigenvalue weighted by Gasteiger charge is -2.11. The third-order valence-electron chi connectivity index (χ3n) is 2.96. The first kappa shape index (κ1) is 10.1. The highest BCUT2D eigenvalue weighted by Crippen LogP contribution is 2.20. The first-order valence-corrected chi connectivity index (χ1v) is 5.59. The Morgan fingerprint density at radius 1 is 1.00 bits per heavy atom. The Hall–Kier alpha value is -0.410. The molecule has 14 heavy (non-hydrogen) atoms. The predicted molar refractivity (Wildman–Crippen MR) is 52.2 cm³/mol. The maximum Gasteiger partial charge on any atom is 0.138 e. The summed E-state index contributed by atoms with van der Waals surface area (Å²) in [6, 6.07) is 0. The number of carbonyl (C=O) groups excluding carboxylic acids is 1. The Labute approximate surface area is 84.8 Å². The Morgan fingerprint density at radius 2 is 1.50 bits per heavy atom. The van der Waals surface area contributed by atoms with Crippen LogP contribution < -0.4 is 0 Å². The van der Waals surface area contributed by atoms with Gasteiger partial charge in [0.15, 0.2) is 0 Å². The monoisotopic (exact) mass is 198 g/mol. The van der Waals surface area contributed by atoms with E-state index in [0.29, 0.717) is 18.6 Å². The van der Waals surface area contributed by atoms with Crippen molar-refractivity contribution >= 4 is 5.78 Å². The summed E-state index contributed by atoms with van der Waals surface area (Å²) in [6.07, 6.45) is 5.91. The first-order valence-electron chi connectivity index (χ1n) is 5.59. The molecule has 2 aliphatic rings. The lowest BCUT2D eigenvalue weighted by Crippen LogP contribution is -2.17. The average Bonchev–Trinajstić information content (AvgIpc) is 2.76. The normalized spacial score (nSPS) is 32.3. The van der Waals surface area contributed by atoms with Gasteiger partial charge in [-0.15, -0.1) is 0 Å². The number of ether oxygens (including phenoxy) is 2. The van der Waals surface area contributed by atoms with E-state index in [4.69, 9.17) is 9.47 Å². The van der Waals surface area contributed by atoms with E-state index in [2.05, 4.69) is 0 Å². The van der Waals surface area contributed by atoms with E-state index in [1.807, 2.05) is 0 Å². The molecule has 2 unspecified atom stereocenters. The molecule has 3 nitrogen and oxygen atoms in total.